The molecule has 1 unspecified atom stereocenters. The number of nitriles is 1. The van der Waals surface area contributed by atoms with E-state index in [2.05, 4.69) is 9.97 Å². The van der Waals surface area contributed by atoms with Crippen LogP contribution in [0.1, 0.15) is 11.7 Å². The number of benzene rings is 2. The van der Waals surface area contributed by atoms with Crippen molar-refractivity contribution in [3.8, 4) is 6.07 Å². The Labute approximate surface area is 158 Å². The molecule has 2 aromatic carbocycles. The van der Waals surface area contributed by atoms with Crippen molar-refractivity contribution in [3.05, 3.63) is 75.2 Å². The molecule has 2 heterocycles. The number of hydrogen-bond acceptors (Lipinski definition) is 5. The number of nitrogens with one attached hydrogen (secondary N) is 1. The number of aryl methyl sites for hydroxylation is 1. The Morgan fingerprint density at radius 1 is 1.18 bits per heavy atom. The van der Waals surface area contributed by atoms with Crippen molar-refractivity contribution < 1.29 is 4.79 Å². The van der Waals surface area contributed by atoms with Crippen molar-refractivity contribution in [2.24, 2.45) is 7.05 Å². The zero-order chi connectivity index (χ0) is 19.8. The van der Waals surface area contributed by atoms with E-state index in [9.17, 15) is 19.6 Å². The van der Waals surface area contributed by atoms with E-state index in [4.69, 9.17) is 0 Å². The number of ketones is 1. The van der Waals surface area contributed by atoms with Crippen molar-refractivity contribution in [3.63, 3.8) is 0 Å². The third-order valence-electron chi connectivity index (χ3n) is 4.73. The second-order valence-corrected chi connectivity index (χ2v) is 6.41. The maximum absolute atomic E-state index is 12.8. The van der Waals surface area contributed by atoms with Gasteiger partial charge < -0.3 is 9.55 Å². The lowest BCUT2D eigenvalue weighted by Gasteiger charge is -2.10. The average molecular weight is 373 g/mol. The number of aromatic amines is 1. The summed E-state index contributed by atoms with van der Waals surface area (Å²) in [6.07, 6.45) is 0. The minimum atomic E-state index is -1.20. The van der Waals surface area contributed by atoms with Crippen molar-refractivity contribution in [2.45, 2.75) is 12.5 Å². The van der Waals surface area contributed by atoms with Crippen LogP contribution < -0.4 is 11.2 Å². The predicted molar refractivity (Wildman–Crippen MR) is 103 cm³/mol. The maximum atomic E-state index is 12.8. The molecule has 8 nitrogen and oxygen atoms in total. The number of rotatable bonds is 4. The molecule has 8 heteroatoms. The number of hydrogen-bond donors (Lipinski definition) is 1. The molecule has 0 saturated heterocycles. The maximum Gasteiger partial charge on any atom is 0.329 e. The number of nitrogens with zero attached hydrogens (tertiary/aromatic N) is 4. The Kier molecular flexibility index (Phi) is 4.12. The van der Waals surface area contributed by atoms with Crippen LogP contribution in [-0.2, 0) is 18.4 Å². The zero-order valence-corrected chi connectivity index (χ0v) is 14.9. The number of para-hydroxylation sites is 3. The van der Waals surface area contributed by atoms with Gasteiger partial charge in [-0.25, -0.2) is 9.78 Å². The van der Waals surface area contributed by atoms with Gasteiger partial charge in [-0.15, -0.1) is 0 Å². The Balaban J connectivity index is 1.76. The van der Waals surface area contributed by atoms with E-state index in [0.29, 0.717) is 16.4 Å². The molecule has 0 bridgehead atoms. The Bertz CT molecular complexity index is 1390. The molecule has 0 spiro atoms. The number of H-pyrrole nitrogens is 1. The molecule has 1 atom stereocenters. The van der Waals surface area contributed by atoms with Crippen molar-refractivity contribution in [2.75, 3.05) is 0 Å². The van der Waals surface area contributed by atoms with E-state index in [0.717, 1.165) is 10.1 Å². The fourth-order valence-corrected chi connectivity index (χ4v) is 3.29. The normalized spacial score (nSPS) is 12.1. The Morgan fingerprint density at radius 2 is 1.89 bits per heavy atom. The number of aromatic nitrogens is 4. The summed E-state index contributed by atoms with van der Waals surface area (Å²) in [5.74, 6) is -1.50. The first-order valence-corrected chi connectivity index (χ1v) is 8.57. The van der Waals surface area contributed by atoms with E-state index in [1.807, 2.05) is 24.3 Å². The molecule has 4 rings (SSSR count). The average Bonchev–Trinajstić information content (AvgIpc) is 3.02. The summed E-state index contributed by atoms with van der Waals surface area (Å²) in [5, 5.41) is 9.89. The number of fused-ring (bicyclic) bond motifs is 2. The van der Waals surface area contributed by atoms with Crippen molar-refractivity contribution in [1.29, 1.82) is 5.26 Å². The van der Waals surface area contributed by atoms with Crippen LogP contribution in [0.25, 0.3) is 21.9 Å². The highest BCUT2D eigenvalue weighted by Gasteiger charge is 2.27. The highest BCUT2D eigenvalue weighted by Crippen LogP contribution is 2.21. The van der Waals surface area contributed by atoms with E-state index in [-0.39, 0.29) is 5.82 Å². The lowest BCUT2D eigenvalue weighted by molar-refractivity contribution is -0.120. The van der Waals surface area contributed by atoms with Crippen LogP contribution in [0, 0.1) is 11.3 Å². The smallest absolute Gasteiger partial charge is 0.329 e. The quantitative estimate of drug-likeness (QED) is 0.582. The summed E-state index contributed by atoms with van der Waals surface area (Å²) < 4.78 is 2.49. The van der Waals surface area contributed by atoms with Crippen LogP contribution in [0.15, 0.2) is 58.1 Å². The van der Waals surface area contributed by atoms with Gasteiger partial charge in [0.2, 0.25) is 0 Å². The third kappa shape index (κ3) is 2.70. The van der Waals surface area contributed by atoms with Gasteiger partial charge in [-0.2, -0.15) is 5.26 Å². The van der Waals surface area contributed by atoms with Gasteiger partial charge in [-0.3, -0.25) is 14.2 Å². The highest BCUT2D eigenvalue weighted by atomic mass is 16.2. The molecule has 1 N–H and O–H groups in total. The number of carbonyl (C=O) groups is 1. The molecule has 138 valence electrons. The lowest BCUT2D eigenvalue weighted by Crippen LogP contribution is -2.38. The van der Waals surface area contributed by atoms with Gasteiger partial charge in [0.25, 0.3) is 5.56 Å². The van der Waals surface area contributed by atoms with E-state index in [1.54, 1.807) is 41.9 Å². The highest BCUT2D eigenvalue weighted by molar-refractivity contribution is 5.89. The van der Waals surface area contributed by atoms with Gasteiger partial charge in [0, 0.05) is 7.05 Å². The SMILES string of the molecule is Cn1c(C(C#N)C(=O)Cn2c(=O)[nH]c3ccccc3c2=O)nc2ccccc21. The van der Waals surface area contributed by atoms with Crippen LogP contribution in [0.3, 0.4) is 0 Å². The lowest BCUT2D eigenvalue weighted by atomic mass is 10.0. The first-order chi connectivity index (χ1) is 13.5. The van der Waals surface area contributed by atoms with E-state index in [1.165, 1.54) is 0 Å². The summed E-state index contributed by atoms with van der Waals surface area (Å²) in [7, 11) is 1.72. The minimum absolute atomic E-state index is 0.277. The number of Topliss-reactive ketones (excluding diaryl/α,β-unsaturated/α-hetero) is 1. The molecular weight excluding hydrogens is 358 g/mol. The van der Waals surface area contributed by atoms with Crippen LogP contribution in [0.4, 0.5) is 0 Å². The van der Waals surface area contributed by atoms with Gasteiger partial charge >= 0.3 is 5.69 Å². The van der Waals surface area contributed by atoms with Gasteiger partial charge in [-0.1, -0.05) is 24.3 Å². The molecule has 4 aromatic rings. The standard InChI is InChI=1S/C20H15N5O3/c1-24-16-9-5-4-8-15(16)22-18(24)13(10-21)17(26)11-25-19(27)12-6-2-3-7-14(12)23-20(25)28/h2-9,13H,11H2,1H3,(H,23,28). The first kappa shape index (κ1) is 17.4. The molecular formula is C20H15N5O3. The van der Waals surface area contributed by atoms with E-state index >= 15 is 0 Å². The Hall–Kier alpha value is -3.99. The molecule has 0 aliphatic carbocycles. The molecule has 0 saturated carbocycles. The number of carbonyl (C=O) groups excluding carboxylic acids is 1. The molecule has 0 radical (unpaired) electrons. The van der Waals surface area contributed by atoms with Crippen LogP contribution in [0.2, 0.25) is 0 Å². The van der Waals surface area contributed by atoms with Gasteiger partial charge in [0.1, 0.15) is 5.82 Å². The van der Waals surface area contributed by atoms with Crippen LogP contribution in [0.5, 0.6) is 0 Å². The summed E-state index contributed by atoms with van der Waals surface area (Å²) in [5.41, 5.74) is 0.571. The van der Waals surface area contributed by atoms with Gasteiger partial charge in [-0.05, 0) is 24.3 Å². The third-order valence-corrected chi connectivity index (χ3v) is 4.73. The van der Waals surface area contributed by atoms with Crippen LogP contribution in [-0.4, -0.2) is 24.9 Å². The van der Waals surface area contributed by atoms with Crippen molar-refractivity contribution in [1.82, 2.24) is 19.1 Å². The minimum Gasteiger partial charge on any atom is -0.330 e. The molecule has 0 amide bonds. The topological polar surface area (TPSA) is 114 Å². The summed E-state index contributed by atoms with van der Waals surface area (Å²) in [6.45, 7) is -0.513. The van der Waals surface area contributed by atoms with Gasteiger partial charge in [0.05, 0.1) is 34.6 Å². The summed E-state index contributed by atoms with van der Waals surface area (Å²) in [4.78, 5) is 44.7. The van der Waals surface area contributed by atoms with Crippen molar-refractivity contribution >= 4 is 27.7 Å². The molecule has 28 heavy (non-hydrogen) atoms. The zero-order valence-electron chi connectivity index (χ0n) is 14.9. The summed E-state index contributed by atoms with van der Waals surface area (Å²) >= 11 is 0. The fraction of sp³-hybridized carbons (Fsp3) is 0.150. The number of imidazole rings is 1. The fourth-order valence-electron chi connectivity index (χ4n) is 3.29. The molecule has 2 aromatic heterocycles. The summed E-state index contributed by atoms with van der Waals surface area (Å²) in [6, 6.07) is 15.8. The largest absolute Gasteiger partial charge is 0.330 e. The van der Waals surface area contributed by atoms with E-state index < -0.39 is 29.5 Å². The monoisotopic (exact) mass is 373 g/mol. The van der Waals surface area contributed by atoms with Crippen LogP contribution >= 0.6 is 0 Å². The Morgan fingerprint density at radius 3 is 2.64 bits per heavy atom. The molecule has 0 aliphatic rings. The molecule has 0 aliphatic heterocycles. The van der Waals surface area contributed by atoms with Gasteiger partial charge in [0.15, 0.2) is 11.7 Å². The first-order valence-electron chi connectivity index (χ1n) is 8.57. The second kappa shape index (κ2) is 6.63. The second-order valence-electron chi connectivity index (χ2n) is 6.41. The predicted octanol–water partition coefficient (Wildman–Crippen LogP) is 1.45. The molecule has 0 fully saturated rings.